The van der Waals surface area contributed by atoms with Crippen molar-refractivity contribution in [2.24, 2.45) is 11.7 Å². The lowest BCUT2D eigenvalue weighted by atomic mass is 10.0. The average molecular weight is 342 g/mol. The van der Waals surface area contributed by atoms with Crippen LogP contribution in [0.4, 0.5) is 4.79 Å². The number of carbonyl (C=O) groups is 3. The van der Waals surface area contributed by atoms with E-state index in [1.807, 2.05) is 20.8 Å². The van der Waals surface area contributed by atoms with Gasteiger partial charge in [0.15, 0.2) is 0 Å². The van der Waals surface area contributed by atoms with E-state index in [1.54, 1.807) is 4.90 Å². The van der Waals surface area contributed by atoms with Crippen molar-refractivity contribution in [3.63, 3.8) is 0 Å². The van der Waals surface area contributed by atoms with Gasteiger partial charge in [-0.15, -0.1) is 0 Å². The molecule has 2 atom stereocenters. The van der Waals surface area contributed by atoms with Crippen LogP contribution in [0, 0.1) is 5.92 Å². The third-order valence-corrected chi connectivity index (χ3v) is 3.86. The number of ether oxygens (including phenoxy) is 1. The second-order valence-electron chi connectivity index (χ2n) is 6.48. The molecular weight excluding hydrogens is 312 g/mol. The molecular formula is C16H30N4O4. The number of carbonyl (C=O) groups excluding carboxylic acids is 3. The monoisotopic (exact) mass is 342 g/mol. The van der Waals surface area contributed by atoms with Gasteiger partial charge in [-0.2, -0.15) is 0 Å². The second-order valence-corrected chi connectivity index (χ2v) is 6.48. The zero-order chi connectivity index (χ0) is 18.1. The number of rotatable bonds is 8. The van der Waals surface area contributed by atoms with Gasteiger partial charge in [0.05, 0.1) is 13.2 Å². The molecule has 1 heterocycles. The molecule has 138 valence electrons. The van der Waals surface area contributed by atoms with E-state index in [2.05, 4.69) is 10.6 Å². The number of hydrogen-bond acceptors (Lipinski definition) is 4. The van der Waals surface area contributed by atoms with Gasteiger partial charge in [-0.1, -0.05) is 27.2 Å². The van der Waals surface area contributed by atoms with Crippen LogP contribution in [0.5, 0.6) is 0 Å². The Hall–Kier alpha value is -1.83. The Morgan fingerprint density at radius 2 is 1.75 bits per heavy atom. The first kappa shape index (κ1) is 20.2. The van der Waals surface area contributed by atoms with Crippen LogP contribution < -0.4 is 16.4 Å². The molecule has 0 bridgehead atoms. The van der Waals surface area contributed by atoms with Crippen LogP contribution in [-0.2, 0) is 14.3 Å². The molecule has 24 heavy (non-hydrogen) atoms. The molecule has 1 aliphatic heterocycles. The lowest BCUT2D eigenvalue weighted by Crippen LogP contribution is -2.56. The van der Waals surface area contributed by atoms with E-state index in [0.29, 0.717) is 39.1 Å². The largest absolute Gasteiger partial charge is 0.378 e. The SMILES string of the molecule is CCC[C@H](NC(=O)[C@H](CC(C)C)NC(=O)N1CCOCC1)C(N)=O. The van der Waals surface area contributed by atoms with Crippen molar-refractivity contribution in [3.8, 4) is 0 Å². The van der Waals surface area contributed by atoms with E-state index in [1.165, 1.54) is 0 Å². The molecule has 1 saturated heterocycles. The minimum absolute atomic E-state index is 0.212. The van der Waals surface area contributed by atoms with E-state index < -0.39 is 18.0 Å². The summed E-state index contributed by atoms with van der Waals surface area (Å²) in [6.45, 7) is 7.85. The van der Waals surface area contributed by atoms with Crippen LogP contribution >= 0.6 is 0 Å². The van der Waals surface area contributed by atoms with Crippen LogP contribution in [0.15, 0.2) is 0 Å². The third-order valence-electron chi connectivity index (χ3n) is 3.86. The van der Waals surface area contributed by atoms with E-state index >= 15 is 0 Å². The molecule has 1 fully saturated rings. The normalized spacial score (nSPS) is 17.2. The van der Waals surface area contributed by atoms with Gasteiger partial charge in [-0.05, 0) is 18.8 Å². The Balaban J connectivity index is 2.69. The van der Waals surface area contributed by atoms with Gasteiger partial charge in [0, 0.05) is 13.1 Å². The summed E-state index contributed by atoms with van der Waals surface area (Å²) in [6.07, 6.45) is 1.69. The van der Waals surface area contributed by atoms with Crippen molar-refractivity contribution in [3.05, 3.63) is 0 Å². The van der Waals surface area contributed by atoms with Gasteiger partial charge in [-0.3, -0.25) is 9.59 Å². The van der Waals surface area contributed by atoms with Crippen molar-refractivity contribution in [1.82, 2.24) is 15.5 Å². The highest BCUT2D eigenvalue weighted by molar-refractivity contribution is 5.91. The molecule has 4 amide bonds. The Morgan fingerprint density at radius 1 is 1.12 bits per heavy atom. The number of urea groups is 1. The zero-order valence-electron chi connectivity index (χ0n) is 14.8. The first-order valence-corrected chi connectivity index (χ1v) is 8.58. The van der Waals surface area contributed by atoms with Crippen molar-refractivity contribution in [2.75, 3.05) is 26.3 Å². The summed E-state index contributed by atoms with van der Waals surface area (Å²) in [7, 11) is 0. The standard InChI is InChI=1S/C16H30N4O4/c1-4-5-12(14(17)21)18-15(22)13(10-11(2)3)19-16(23)20-6-8-24-9-7-20/h11-13H,4-10H2,1-3H3,(H2,17,21)(H,18,22)(H,19,23)/t12-,13-/m0/s1. The fourth-order valence-electron chi connectivity index (χ4n) is 2.56. The summed E-state index contributed by atoms with van der Waals surface area (Å²) < 4.78 is 5.22. The first-order chi connectivity index (χ1) is 11.3. The summed E-state index contributed by atoms with van der Waals surface area (Å²) >= 11 is 0. The minimum Gasteiger partial charge on any atom is -0.378 e. The van der Waals surface area contributed by atoms with Crippen LogP contribution in [0.3, 0.4) is 0 Å². The first-order valence-electron chi connectivity index (χ1n) is 8.58. The Kier molecular flexibility index (Phi) is 8.53. The number of nitrogens with zero attached hydrogens (tertiary/aromatic N) is 1. The topological polar surface area (TPSA) is 114 Å². The van der Waals surface area contributed by atoms with Crippen LogP contribution in [0.1, 0.15) is 40.0 Å². The average Bonchev–Trinajstić information content (AvgIpc) is 2.53. The van der Waals surface area contributed by atoms with E-state index in [-0.39, 0.29) is 17.9 Å². The van der Waals surface area contributed by atoms with Gasteiger partial charge in [-0.25, -0.2) is 4.79 Å². The number of amides is 4. The quantitative estimate of drug-likeness (QED) is 0.585. The molecule has 0 aromatic carbocycles. The lowest BCUT2D eigenvalue weighted by molar-refractivity contribution is -0.128. The zero-order valence-corrected chi connectivity index (χ0v) is 14.8. The molecule has 0 aromatic rings. The summed E-state index contributed by atoms with van der Waals surface area (Å²) in [5.41, 5.74) is 5.33. The summed E-state index contributed by atoms with van der Waals surface area (Å²) in [5, 5.41) is 5.43. The third kappa shape index (κ3) is 6.74. The summed E-state index contributed by atoms with van der Waals surface area (Å²) in [4.78, 5) is 37.9. The number of morpholine rings is 1. The molecule has 8 nitrogen and oxygen atoms in total. The van der Waals surface area contributed by atoms with Gasteiger partial charge in [0.25, 0.3) is 0 Å². The highest BCUT2D eigenvalue weighted by Gasteiger charge is 2.28. The molecule has 0 aliphatic carbocycles. The van der Waals surface area contributed by atoms with Gasteiger partial charge >= 0.3 is 6.03 Å². The van der Waals surface area contributed by atoms with E-state index in [9.17, 15) is 14.4 Å². The van der Waals surface area contributed by atoms with Gasteiger partial charge in [0.2, 0.25) is 11.8 Å². The molecule has 1 aliphatic rings. The maximum atomic E-state index is 12.5. The maximum Gasteiger partial charge on any atom is 0.318 e. The number of nitrogens with one attached hydrogen (secondary N) is 2. The number of primary amides is 1. The molecule has 0 spiro atoms. The van der Waals surface area contributed by atoms with Crippen LogP contribution in [-0.4, -0.2) is 61.1 Å². The molecule has 0 saturated carbocycles. The highest BCUT2D eigenvalue weighted by atomic mass is 16.5. The van der Waals surface area contributed by atoms with Crippen molar-refractivity contribution < 1.29 is 19.1 Å². The highest BCUT2D eigenvalue weighted by Crippen LogP contribution is 2.08. The Morgan fingerprint density at radius 3 is 2.25 bits per heavy atom. The molecule has 1 rings (SSSR count). The molecule has 0 unspecified atom stereocenters. The molecule has 0 radical (unpaired) electrons. The lowest BCUT2D eigenvalue weighted by Gasteiger charge is -2.30. The molecule has 0 aromatic heterocycles. The Labute approximate surface area is 143 Å². The van der Waals surface area contributed by atoms with Gasteiger partial charge in [0.1, 0.15) is 12.1 Å². The van der Waals surface area contributed by atoms with Crippen molar-refractivity contribution in [1.29, 1.82) is 0 Å². The smallest absolute Gasteiger partial charge is 0.318 e. The summed E-state index contributed by atoms with van der Waals surface area (Å²) in [6, 6.07) is -1.69. The van der Waals surface area contributed by atoms with Crippen molar-refractivity contribution >= 4 is 17.8 Å². The van der Waals surface area contributed by atoms with E-state index in [4.69, 9.17) is 10.5 Å². The molecule has 8 heteroatoms. The van der Waals surface area contributed by atoms with E-state index in [0.717, 1.165) is 6.42 Å². The van der Waals surface area contributed by atoms with Crippen LogP contribution in [0.2, 0.25) is 0 Å². The minimum atomic E-state index is -0.711. The maximum absolute atomic E-state index is 12.5. The fourth-order valence-corrected chi connectivity index (χ4v) is 2.56. The van der Waals surface area contributed by atoms with Crippen molar-refractivity contribution in [2.45, 2.75) is 52.1 Å². The summed E-state index contributed by atoms with van der Waals surface area (Å²) in [5.74, 6) is -0.723. The fraction of sp³-hybridized carbons (Fsp3) is 0.812. The second kappa shape index (κ2) is 10.1. The van der Waals surface area contributed by atoms with Gasteiger partial charge < -0.3 is 26.0 Å². The number of nitrogens with two attached hydrogens (primary N) is 1. The predicted molar refractivity (Wildman–Crippen MR) is 90.2 cm³/mol. The van der Waals surface area contributed by atoms with Crippen LogP contribution in [0.25, 0.3) is 0 Å². The number of hydrogen-bond donors (Lipinski definition) is 3. The predicted octanol–water partition coefficient (Wildman–Crippen LogP) is 0.213. The Bertz CT molecular complexity index is 436. The molecule has 4 N–H and O–H groups in total.